The highest BCUT2D eigenvalue weighted by Gasteiger charge is 2.17. The Morgan fingerprint density at radius 2 is 2.15 bits per heavy atom. The van der Waals surface area contributed by atoms with E-state index in [9.17, 15) is 0 Å². The normalized spacial score (nSPS) is 10.7. The van der Waals surface area contributed by atoms with Gasteiger partial charge in [-0.15, -0.1) is 11.3 Å². The third-order valence-corrected chi connectivity index (χ3v) is 4.28. The van der Waals surface area contributed by atoms with E-state index in [1.54, 1.807) is 18.4 Å². The first-order valence-electron chi connectivity index (χ1n) is 6.23. The highest BCUT2D eigenvalue weighted by molar-refractivity contribution is 7.13. The van der Waals surface area contributed by atoms with Crippen LogP contribution in [0.1, 0.15) is 5.56 Å². The van der Waals surface area contributed by atoms with Gasteiger partial charge in [-0.3, -0.25) is 5.10 Å². The molecule has 3 aromatic rings. The number of methoxy groups -OCH3 is 1. The van der Waals surface area contributed by atoms with E-state index in [0.29, 0.717) is 5.82 Å². The molecule has 0 aliphatic rings. The van der Waals surface area contributed by atoms with Crippen LogP contribution in [0.4, 0.5) is 5.82 Å². The molecule has 102 valence electrons. The number of nitrogens with one attached hydrogen (secondary N) is 1. The largest absolute Gasteiger partial charge is 0.497 e. The molecule has 2 heterocycles. The number of hydrogen-bond acceptors (Lipinski definition) is 4. The van der Waals surface area contributed by atoms with Crippen molar-refractivity contribution in [2.75, 3.05) is 12.8 Å². The lowest BCUT2D eigenvalue weighted by Gasteiger charge is -2.06. The van der Waals surface area contributed by atoms with Gasteiger partial charge in [0.05, 0.1) is 23.2 Å². The van der Waals surface area contributed by atoms with E-state index in [-0.39, 0.29) is 0 Å². The number of nitrogen functional groups attached to an aromatic ring is 1. The number of ether oxygens (including phenoxy) is 1. The van der Waals surface area contributed by atoms with Crippen LogP contribution >= 0.6 is 11.3 Å². The van der Waals surface area contributed by atoms with Crippen molar-refractivity contribution in [2.45, 2.75) is 6.92 Å². The Balaban J connectivity index is 2.19. The first-order valence-corrected chi connectivity index (χ1v) is 7.11. The zero-order valence-electron chi connectivity index (χ0n) is 11.3. The third-order valence-electron chi connectivity index (χ3n) is 3.24. The molecule has 1 aromatic carbocycles. The summed E-state index contributed by atoms with van der Waals surface area (Å²) in [6, 6.07) is 9.93. The summed E-state index contributed by atoms with van der Waals surface area (Å²) in [6.45, 7) is 2.08. The second-order valence-electron chi connectivity index (χ2n) is 4.52. The number of H-pyrrole nitrogens is 1. The number of hydrogen-bond donors (Lipinski definition) is 2. The maximum absolute atomic E-state index is 6.04. The quantitative estimate of drug-likeness (QED) is 0.771. The van der Waals surface area contributed by atoms with Crippen LogP contribution in [-0.2, 0) is 0 Å². The average Bonchev–Trinajstić information content (AvgIpc) is 3.04. The summed E-state index contributed by atoms with van der Waals surface area (Å²) < 4.78 is 5.28. The maximum Gasteiger partial charge on any atom is 0.153 e. The molecule has 0 aliphatic carbocycles. The molecule has 3 rings (SSSR count). The molecule has 5 heteroatoms. The molecule has 0 spiro atoms. The minimum absolute atomic E-state index is 0.501. The highest BCUT2D eigenvalue weighted by Crippen LogP contribution is 2.39. The molecule has 0 saturated heterocycles. The van der Waals surface area contributed by atoms with Gasteiger partial charge in [-0.05, 0) is 41.6 Å². The predicted molar refractivity (Wildman–Crippen MR) is 83.0 cm³/mol. The van der Waals surface area contributed by atoms with E-state index in [1.807, 2.05) is 24.3 Å². The van der Waals surface area contributed by atoms with Crippen molar-refractivity contribution in [3.8, 4) is 27.4 Å². The summed E-state index contributed by atoms with van der Waals surface area (Å²) in [5.41, 5.74) is 10.1. The molecule has 4 nitrogen and oxygen atoms in total. The minimum atomic E-state index is 0.501. The van der Waals surface area contributed by atoms with Crippen molar-refractivity contribution >= 4 is 17.2 Å². The zero-order valence-corrected chi connectivity index (χ0v) is 12.1. The number of benzene rings is 1. The Kier molecular flexibility index (Phi) is 3.20. The Morgan fingerprint density at radius 3 is 2.85 bits per heavy atom. The lowest BCUT2D eigenvalue weighted by atomic mass is 10.0. The molecular weight excluding hydrogens is 270 g/mol. The second-order valence-corrected chi connectivity index (χ2v) is 5.44. The number of thiophene rings is 1. The van der Waals surface area contributed by atoms with Crippen LogP contribution in [0.5, 0.6) is 5.75 Å². The fraction of sp³-hybridized carbons (Fsp3) is 0.133. The SMILES string of the molecule is COc1cccc(-c2c(N)n[nH]c2-c2sccc2C)c1. The van der Waals surface area contributed by atoms with Gasteiger partial charge < -0.3 is 10.5 Å². The van der Waals surface area contributed by atoms with Gasteiger partial charge in [0.25, 0.3) is 0 Å². The summed E-state index contributed by atoms with van der Waals surface area (Å²) in [4.78, 5) is 1.16. The van der Waals surface area contributed by atoms with Crippen molar-refractivity contribution in [3.63, 3.8) is 0 Å². The van der Waals surface area contributed by atoms with Crippen LogP contribution < -0.4 is 10.5 Å². The molecular formula is C15H15N3OS. The van der Waals surface area contributed by atoms with Gasteiger partial charge in [0.1, 0.15) is 5.75 Å². The molecule has 0 amide bonds. The predicted octanol–water partition coefficient (Wildman–Crippen LogP) is 3.70. The van der Waals surface area contributed by atoms with Gasteiger partial charge in [-0.2, -0.15) is 5.10 Å². The van der Waals surface area contributed by atoms with Crippen LogP contribution in [0.3, 0.4) is 0 Å². The molecule has 0 bridgehead atoms. The minimum Gasteiger partial charge on any atom is -0.497 e. The number of nitrogens with two attached hydrogens (primary N) is 1. The van der Waals surface area contributed by atoms with Gasteiger partial charge in [0.2, 0.25) is 0 Å². The molecule has 0 radical (unpaired) electrons. The third kappa shape index (κ3) is 2.06. The lowest BCUT2D eigenvalue weighted by Crippen LogP contribution is -1.90. The van der Waals surface area contributed by atoms with Gasteiger partial charge in [0, 0.05) is 0 Å². The van der Waals surface area contributed by atoms with E-state index < -0.39 is 0 Å². The number of aromatic amines is 1. The van der Waals surface area contributed by atoms with Crippen LogP contribution in [0, 0.1) is 6.92 Å². The van der Waals surface area contributed by atoms with Crippen molar-refractivity contribution in [1.82, 2.24) is 10.2 Å². The molecule has 20 heavy (non-hydrogen) atoms. The lowest BCUT2D eigenvalue weighted by molar-refractivity contribution is 0.415. The van der Waals surface area contributed by atoms with Crippen molar-refractivity contribution in [1.29, 1.82) is 0 Å². The second kappa shape index (κ2) is 5.02. The van der Waals surface area contributed by atoms with E-state index in [1.165, 1.54) is 5.56 Å². The van der Waals surface area contributed by atoms with E-state index in [4.69, 9.17) is 10.5 Å². The number of aryl methyl sites for hydroxylation is 1. The Morgan fingerprint density at radius 1 is 1.30 bits per heavy atom. The van der Waals surface area contributed by atoms with Crippen molar-refractivity contribution in [2.24, 2.45) is 0 Å². The number of anilines is 1. The molecule has 0 atom stereocenters. The fourth-order valence-corrected chi connectivity index (χ4v) is 3.15. The molecule has 0 saturated carbocycles. The first kappa shape index (κ1) is 12.7. The Hall–Kier alpha value is -2.27. The summed E-state index contributed by atoms with van der Waals surface area (Å²) in [6.07, 6.45) is 0. The number of rotatable bonds is 3. The fourth-order valence-electron chi connectivity index (χ4n) is 2.22. The molecule has 0 fully saturated rings. The summed E-state index contributed by atoms with van der Waals surface area (Å²) in [5.74, 6) is 1.30. The van der Waals surface area contributed by atoms with E-state index in [0.717, 1.165) is 27.4 Å². The first-order chi connectivity index (χ1) is 9.70. The monoisotopic (exact) mass is 285 g/mol. The van der Waals surface area contributed by atoms with Crippen LogP contribution in [0.15, 0.2) is 35.7 Å². The standard InChI is InChI=1S/C15H15N3OS/c1-9-6-7-20-14(9)13-12(15(16)18-17-13)10-4-3-5-11(8-10)19-2/h3-8H,1-2H3,(H3,16,17,18). The van der Waals surface area contributed by atoms with Crippen LogP contribution in [0.25, 0.3) is 21.7 Å². The summed E-state index contributed by atoms with van der Waals surface area (Å²) in [7, 11) is 1.65. The molecule has 2 aromatic heterocycles. The number of nitrogens with zero attached hydrogens (tertiary/aromatic N) is 1. The number of aromatic nitrogens is 2. The maximum atomic E-state index is 6.04. The smallest absolute Gasteiger partial charge is 0.153 e. The van der Waals surface area contributed by atoms with Crippen LogP contribution in [-0.4, -0.2) is 17.3 Å². The van der Waals surface area contributed by atoms with Crippen molar-refractivity contribution in [3.05, 3.63) is 41.3 Å². The zero-order chi connectivity index (χ0) is 14.1. The summed E-state index contributed by atoms with van der Waals surface area (Å²) >= 11 is 1.68. The highest BCUT2D eigenvalue weighted by atomic mass is 32.1. The topological polar surface area (TPSA) is 63.9 Å². The van der Waals surface area contributed by atoms with Crippen LogP contribution in [0.2, 0.25) is 0 Å². The molecule has 0 unspecified atom stereocenters. The Labute approximate surface area is 121 Å². The van der Waals surface area contributed by atoms with E-state index in [2.05, 4.69) is 28.6 Å². The average molecular weight is 285 g/mol. The molecule has 3 N–H and O–H groups in total. The van der Waals surface area contributed by atoms with Gasteiger partial charge in [0.15, 0.2) is 5.82 Å². The van der Waals surface area contributed by atoms with E-state index >= 15 is 0 Å². The van der Waals surface area contributed by atoms with Gasteiger partial charge >= 0.3 is 0 Å². The Bertz CT molecular complexity index is 745. The van der Waals surface area contributed by atoms with Gasteiger partial charge in [-0.25, -0.2) is 0 Å². The molecule has 0 aliphatic heterocycles. The van der Waals surface area contributed by atoms with Crippen molar-refractivity contribution < 1.29 is 4.74 Å². The van der Waals surface area contributed by atoms with Gasteiger partial charge in [-0.1, -0.05) is 12.1 Å². The summed E-state index contributed by atoms with van der Waals surface area (Å²) in [5, 5.41) is 9.28.